The minimum Gasteiger partial charge on any atom is -0.295 e. The summed E-state index contributed by atoms with van der Waals surface area (Å²) >= 11 is 0. The van der Waals surface area contributed by atoms with Gasteiger partial charge in [0.2, 0.25) is 0 Å². The van der Waals surface area contributed by atoms with Gasteiger partial charge in [-0.1, -0.05) is 20.8 Å². The van der Waals surface area contributed by atoms with Crippen LogP contribution in [0.15, 0.2) is 6.07 Å². The van der Waals surface area contributed by atoms with E-state index in [4.69, 9.17) is 0 Å². The van der Waals surface area contributed by atoms with Gasteiger partial charge in [0.25, 0.3) is 0 Å². The minimum atomic E-state index is 0.214. The maximum Gasteiger partial charge on any atom is 0.160 e. The number of carbonyl (C=O) groups excluding carboxylic acids is 1. The summed E-state index contributed by atoms with van der Waals surface area (Å²) in [6.07, 6.45) is 4.94. The van der Waals surface area contributed by atoms with E-state index in [2.05, 4.69) is 33.8 Å². The molecule has 2 aliphatic rings. The van der Waals surface area contributed by atoms with Gasteiger partial charge in [-0.25, -0.2) is 0 Å². The molecule has 3 rings (SSSR count). The normalized spacial score (nSPS) is 27.2. The zero-order valence-corrected chi connectivity index (χ0v) is 12.8. The summed E-state index contributed by atoms with van der Waals surface area (Å²) in [5.41, 5.74) is 7.29. The van der Waals surface area contributed by atoms with E-state index in [1.807, 2.05) is 0 Å². The number of hydrogen-bond donors (Lipinski definition) is 0. The molecule has 0 radical (unpaired) electrons. The predicted molar refractivity (Wildman–Crippen MR) is 79.1 cm³/mol. The highest BCUT2D eigenvalue weighted by atomic mass is 16.1. The summed E-state index contributed by atoms with van der Waals surface area (Å²) in [6, 6.07) is 2.21. The summed E-state index contributed by atoms with van der Waals surface area (Å²) in [6.45, 7) is 10.9. The van der Waals surface area contributed by atoms with Gasteiger partial charge in [0.05, 0.1) is 0 Å². The second kappa shape index (κ2) is 3.71. The molecule has 0 fully saturated rings. The molecule has 1 aromatic carbocycles. The number of rotatable bonds is 1. The molecular weight excluding hydrogens is 232 g/mol. The Labute approximate surface area is 116 Å². The molecule has 2 aliphatic carbocycles. The summed E-state index contributed by atoms with van der Waals surface area (Å²) in [7, 11) is 0. The van der Waals surface area contributed by atoms with Crippen molar-refractivity contribution in [3.05, 3.63) is 33.9 Å². The summed E-state index contributed by atoms with van der Waals surface area (Å²) in [4.78, 5) is 11.9. The van der Waals surface area contributed by atoms with Crippen molar-refractivity contribution in [2.75, 3.05) is 0 Å². The second-order valence-corrected chi connectivity index (χ2v) is 7.45. The molecule has 0 unspecified atom stereocenters. The fourth-order valence-corrected chi connectivity index (χ4v) is 4.24. The van der Waals surface area contributed by atoms with Gasteiger partial charge in [0, 0.05) is 5.56 Å². The van der Waals surface area contributed by atoms with E-state index in [9.17, 15) is 4.79 Å². The molecule has 19 heavy (non-hydrogen) atoms. The zero-order valence-electron chi connectivity index (χ0n) is 12.8. The average molecular weight is 256 g/mol. The third-order valence-corrected chi connectivity index (χ3v) is 5.66. The van der Waals surface area contributed by atoms with Crippen LogP contribution in [-0.4, -0.2) is 5.78 Å². The van der Waals surface area contributed by atoms with Gasteiger partial charge in [-0.3, -0.25) is 4.79 Å². The molecule has 1 nitrogen and oxygen atoms in total. The molecule has 0 heterocycles. The fraction of sp³-hybridized carbons (Fsp3) is 0.611. The van der Waals surface area contributed by atoms with Crippen molar-refractivity contribution >= 4 is 5.78 Å². The molecule has 0 bridgehead atoms. The lowest BCUT2D eigenvalue weighted by atomic mass is 9.62. The van der Waals surface area contributed by atoms with Crippen molar-refractivity contribution < 1.29 is 4.79 Å². The third-order valence-electron chi connectivity index (χ3n) is 5.66. The van der Waals surface area contributed by atoms with E-state index >= 15 is 0 Å². The lowest BCUT2D eigenvalue weighted by Gasteiger charge is -2.42. The van der Waals surface area contributed by atoms with Crippen molar-refractivity contribution in [2.45, 2.75) is 71.1 Å². The Hall–Kier alpha value is -1.11. The molecule has 1 aromatic rings. The van der Waals surface area contributed by atoms with Crippen LogP contribution in [0.5, 0.6) is 0 Å². The Morgan fingerprint density at radius 3 is 2.47 bits per heavy atom. The van der Waals surface area contributed by atoms with E-state index in [1.165, 1.54) is 36.0 Å². The molecule has 0 spiro atoms. The Balaban J connectivity index is 2.37. The Bertz CT molecular complexity index is 580. The van der Waals surface area contributed by atoms with E-state index in [0.29, 0.717) is 5.41 Å². The first kappa shape index (κ1) is 12.9. The van der Waals surface area contributed by atoms with Crippen LogP contribution in [0.25, 0.3) is 0 Å². The predicted octanol–water partition coefficient (Wildman–Crippen LogP) is 4.47. The average Bonchev–Trinajstić information content (AvgIpc) is 2.66. The first-order valence-corrected chi connectivity index (χ1v) is 7.45. The van der Waals surface area contributed by atoms with Crippen molar-refractivity contribution in [1.82, 2.24) is 0 Å². The molecule has 0 amide bonds. The minimum absolute atomic E-state index is 0.214. The third kappa shape index (κ3) is 1.63. The summed E-state index contributed by atoms with van der Waals surface area (Å²) in [5, 5.41) is 0. The smallest absolute Gasteiger partial charge is 0.160 e. The van der Waals surface area contributed by atoms with E-state index in [0.717, 1.165) is 12.0 Å². The standard InChI is InChI=1S/C18H24O/c1-11-13-6-7-18(5)9-8-17(3,4)15(16(13)18)10-14(11)12(2)19/h10H,6-9H2,1-5H3/t18-/m1/s1. The first-order valence-electron chi connectivity index (χ1n) is 7.45. The molecule has 0 saturated heterocycles. The van der Waals surface area contributed by atoms with Crippen LogP contribution in [0, 0.1) is 6.92 Å². The molecule has 0 aliphatic heterocycles. The monoisotopic (exact) mass is 256 g/mol. The van der Waals surface area contributed by atoms with Crippen LogP contribution < -0.4 is 0 Å². The number of ketones is 1. The van der Waals surface area contributed by atoms with Crippen LogP contribution in [0.3, 0.4) is 0 Å². The lowest BCUT2D eigenvalue weighted by molar-refractivity contribution is 0.101. The maximum absolute atomic E-state index is 11.9. The van der Waals surface area contributed by atoms with E-state index < -0.39 is 0 Å². The highest BCUT2D eigenvalue weighted by Gasteiger charge is 2.45. The molecule has 0 aromatic heterocycles. The number of hydrogen-bond acceptors (Lipinski definition) is 1. The maximum atomic E-state index is 11.9. The van der Waals surface area contributed by atoms with Crippen molar-refractivity contribution in [1.29, 1.82) is 0 Å². The SMILES string of the molecule is CC(=O)c1cc2c3c(c1C)CC[C@]3(C)CCC2(C)C. The van der Waals surface area contributed by atoms with Crippen LogP contribution in [0.2, 0.25) is 0 Å². The van der Waals surface area contributed by atoms with Crippen molar-refractivity contribution in [3.63, 3.8) is 0 Å². The zero-order chi connectivity index (χ0) is 14.0. The van der Waals surface area contributed by atoms with Gasteiger partial charge in [-0.05, 0) is 78.7 Å². The highest BCUT2D eigenvalue weighted by Crippen LogP contribution is 2.54. The number of benzene rings is 1. The Morgan fingerprint density at radius 2 is 1.84 bits per heavy atom. The molecule has 1 atom stereocenters. The fourth-order valence-electron chi connectivity index (χ4n) is 4.24. The Morgan fingerprint density at radius 1 is 1.16 bits per heavy atom. The topological polar surface area (TPSA) is 17.1 Å². The van der Waals surface area contributed by atoms with E-state index in [1.54, 1.807) is 12.5 Å². The van der Waals surface area contributed by atoms with Crippen molar-refractivity contribution in [3.8, 4) is 0 Å². The Kier molecular flexibility index (Phi) is 2.52. The molecule has 102 valence electrons. The summed E-state index contributed by atoms with van der Waals surface area (Å²) < 4.78 is 0. The van der Waals surface area contributed by atoms with E-state index in [-0.39, 0.29) is 11.2 Å². The van der Waals surface area contributed by atoms with Gasteiger partial charge in [0.1, 0.15) is 0 Å². The molecule has 1 heteroatoms. The van der Waals surface area contributed by atoms with Gasteiger partial charge in [-0.15, -0.1) is 0 Å². The van der Waals surface area contributed by atoms with Gasteiger partial charge < -0.3 is 0 Å². The van der Waals surface area contributed by atoms with Crippen molar-refractivity contribution in [2.24, 2.45) is 0 Å². The quantitative estimate of drug-likeness (QED) is 0.677. The largest absolute Gasteiger partial charge is 0.295 e. The first-order chi connectivity index (χ1) is 8.76. The molecule has 0 N–H and O–H groups in total. The van der Waals surface area contributed by atoms with Crippen LogP contribution in [0.4, 0.5) is 0 Å². The number of carbonyl (C=O) groups is 1. The lowest BCUT2D eigenvalue weighted by Crippen LogP contribution is -2.34. The van der Waals surface area contributed by atoms with Crippen LogP contribution >= 0.6 is 0 Å². The highest BCUT2D eigenvalue weighted by molar-refractivity contribution is 5.96. The van der Waals surface area contributed by atoms with Crippen LogP contribution in [0.1, 0.15) is 79.6 Å². The second-order valence-electron chi connectivity index (χ2n) is 7.45. The van der Waals surface area contributed by atoms with Gasteiger partial charge >= 0.3 is 0 Å². The molecule has 0 saturated carbocycles. The van der Waals surface area contributed by atoms with Crippen LogP contribution in [-0.2, 0) is 17.3 Å². The molecular formula is C18H24O. The summed E-state index contributed by atoms with van der Waals surface area (Å²) in [5.74, 6) is 0.214. The van der Waals surface area contributed by atoms with Gasteiger partial charge in [0.15, 0.2) is 5.78 Å². The number of Topliss-reactive ketones (excluding diaryl/α,β-unsaturated/α-hetero) is 1. The van der Waals surface area contributed by atoms with Gasteiger partial charge in [-0.2, -0.15) is 0 Å².